The van der Waals surface area contributed by atoms with Crippen LogP contribution in [0.5, 0.6) is 0 Å². The van der Waals surface area contributed by atoms with Crippen LogP contribution in [-0.2, 0) is 7.05 Å². The van der Waals surface area contributed by atoms with E-state index in [-0.39, 0.29) is 12.5 Å². The molecule has 1 rings (SSSR count). The number of hydrogen-bond acceptors (Lipinski definition) is 3. The lowest BCUT2D eigenvalue weighted by atomic mass is 10.3. The van der Waals surface area contributed by atoms with Gasteiger partial charge >= 0.3 is 0 Å². The lowest BCUT2D eigenvalue weighted by Gasteiger charge is -2.19. The van der Waals surface area contributed by atoms with Gasteiger partial charge in [-0.25, -0.2) is 4.98 Å². The van der Waals surface area contributed by atoms with Crippen molar-refractivity contribution >= 4 is 5.91 Å². The smallest absolute Gasteiger partial charge is 0.272 e. The fraction of sp³-hybridized carbons (Fsp3) is 0.556. The number of aromatic nitrogens is 2. The van der Waals surface area contributed by atoms with Gasteiger partial charge in [0.15, 0.2) is 0 Å². The Labute approximate surface area is 83.0 Å². The molecule has 14 heavy (non-hydrogen) atoms. The molecule has 0 aliphatic carbocycles. The summed E-state index contributed by atoms with van der Waals surface area (Å²) < 4.78 is 1.67. The van der Waals surface area contributed by atoms with E-state index in [4.69, 9.17) is 5.11 Å². The molecule has 5 heteroatoms. The molecule has 1 aromatic heterocycles. The first-order chi connectivity index (χ1) is 6.70. The minimum Gasteiger partial charge on any atom is -0.395 e. The topological polar surface area (TPSA) is 58.4 Å². The molecule has 78 valence electrons. The number of nitrogens with zero attached hydrogens (tertiary/aromatic N) is 3. The van der Waals surface area contributed by atoms with E-state index in [0.29, 0.717) is 18.8 Å². The largest absolute Gasteiger partial charge is 0.395 e. The van der Waals surface area contributed by atoms with E-state index in [2.05, 4.69) is 4.98 Å². The van der Waals surface area contributed by atoms with Crippen molar-refractivity contribution in [2.75, 3.05) is 19.7 Å². The highest BCUT2D eigenvalue weighted by Crippen LogP contribution is 2.02. The maximum atomic E-state index is 11.8. The molecule has 1 heterocycles. The zero-order chi connectivity index (χ0) is 10.6. The van der Waals surface area contributed by atoms with Crippen molar-refractivity contribution in [2.45, 2.75) is 6.92 Å². The summed E-state index contributed by atoms with van der Waals surface area (Å²) >= 11 is 0. The molecule has 1 aromatic rings. The molecule has 1 amide bonds. The van der Waals surface area contributed by atoms with Gasteiger partial charge in [0.2, 0.25) is 0 Å². The molecule has 0 spiro atoms. The number of likely N-dealkylation sites (N-methyl/N-ethyl adjacent to an activating group) is 1. The van der Waals surface area contributed by atoms with Crippen LogP contribution in [-0.4, -0.2) is 45.2 Å². The van der Waals surface area contributed by atoms with E-state index >= 15 is 0 Å². The molecule has 0 fully saturated rings. The summed E-state index contributed by atoms with van der Waals surface area (Å²) in [5, 5.41) is 8.77. The molecule has 0 radical (unpaired) electrons. The fourth-order valence-corrected chi connectivity index (χ4v) is 1.25. The first-order valence-electron chi connectivity index (χ1n) is 4.57. The standard InChI is InChI=1S/C9H15N3O2/c1-3-12(4-5-13)9(14)8-6-10-7-11(8)2/h6-7,13H,3-5H2,1-2H3. The maximum absolute atomic E-state index is 11.8. The summed E-state index contributed by atoms with van der Waals surface area (Å²) in [6.07, 6.45) is 3.11. The van der Waals surface area contributed by atoms with Crippen molar-refractivity contribution in [3.63, 3.8) is 0 Å². The molecule has 0 bridgehead atoms. The second-order valence-corrected chi connectivity index (χ2v) is 3.00. The minimum absolute atomic E-state index is 0.0164. The fourth-order valence-electron chi connectivity index (χ4n) is 1.25. The van der Waals surface area contributed by atoms with Gasteiger partial charge in [0.25, 0.3) is 5.91 Å². The van der Waals surface area contributed by atoms with Gasteiger partial charge in [-0.2, -0.15) is 0 Å². The Morgan fingerprint density at radius 1 is 1.71 bits per heavy atom. The molecular weight excluding hydrogens is 182 g/mol. The van der Waals surface area contributed by atoms with Crippen LogP contribution in [0.25, 0.3) is 0 Å². The molecule has 0 saturated heterocycles. The Bertz CT molecular complexity index is 309. The number of aryl methyl sites for hydroxylation is 1. The molecule has 0 aromatic carbocycles. The van der Waals surface area contributed by atoms with Gasteiger partial charge in [-0.15, -0.1) is 0 Å². The highest BCUT2D eigenvalue weighted by Gasteiger charge is 2.16. The van der Waals surface area contributed by atoms with E-state index in [1.54, 1.807) is 22.8 Å². The Balaban J connectivity index is 2.78. The van der Waals surface area contributed by atoms with E-state index in [0.717, 1.165) is 0 Å². The average molecular weight is 197 g/mol. The number of carbonyl (C=O) groups is 1. The van der Waals surface area contributed by atoms with Crippen LogP contribution < -0.4 is 0 Å². The summed E-state index contributed by atoms with van der Waals surface area (Å²) in [5.41, 5.74) is 0.542. The summed E-state index contributed by atoms with van der Waals surface area (Å²) in [5.74, 6) is -0.0958. The number of aliphatic hydroxyl groups excluding tert-OH is 1. The third-order valence-corrected chi connectivity index (χ3v) is 2.07. The maximum Gasteiger partial charge on any atom is 0.272 e. The Morgan fingerprint density at radius 2 is 2.43 bits per heavy atom. The molecule has 0 atom stereocenters. The Morgan fingerprint density at radius 3 is 2.86 bits per heavy atom. The zero-order valence-electron chi connectivity index (χ0n) is 8.47. The monoisotopic (exact) mass is 197 g/mol. The number of rotatable bonds is 4. The van der Waals surface area contributed by atoms with E-state index in [1.165, 1.54) is 6.20 Å². The van der Waals surface area contributed by atoms with Crippen LogP contribution in [0.15, 0.2) is 12.5 Å². The lowest BCUT2D eigenvalue weighted by Crippen LogP contribution is -2.34. The highest BCUT2D eigenvalue weighted by molar-refractivity contribution is 5.92. The summed E-state index contributed by atoms with van der Waals surface area (Å²) in [6.45, 7) is 2.81. The van der Waals surface area contributed by atoms with Crippen molar-refractivity contribution in [3.05, 3.63) is 18.2 Å². The third-order valence-electron chi connectivity index (χ3n) is 2.07. The molecule has 5 nitrogen and oxygen atoms in total. The average Bonchev–Trinajstić information content (AvgIpc) is 2.59. The van der Waals surface area contributed by atoms with Gasteiger partial charge in [-0.3, -0.25) is 4.79 Å². The lowest BCUT2D eigenvalue weighted by molar-refractivity contribution is 0.0722. The Hall–Kier alpha value is -1.36. The van der Waals surface area contributed by atoms with Crippen molar-refractivity contribution in [3.8, 4) is 0 Å². The van der Waals surface area contributed by atoms with Crippen LogP contribution in [0.1, 0.15) is 17.4 Å². The van der Waals surface area contributed by atoms with Crippen molar-refractivity contribution in [2.24, 2.45) is 7.05 Å². The van der Waals surface area contributed by atoms with Crippen molar-refractivity contribution in [1.29, 1.82) is 0 Å². The zero-order valence-corrected chi connectivity index (χ0v) is 8.47. The van der Waals surface area contributed by atoms with Gasteiger partial charge in [-0.05, 0) is 6.92 Å². The van der Waals surface area contributed by atoms with E-state index in [1.807, 2.05) is 6.92 Å². The molecule has 0 aliphatic heterocycles. The molecule has 1 N–H and O–H groups in total. The van der Waals surface area contributed by atoms with Crippen LogP contribution in [0, 0.1) is 0 Å². The van der Waals surface area contributed by atoms with Crippen LogP contribution in [0.2, 0.25) is 0 Å². The number of aliphatic hydroxyl groups is 1. The van der Waals surface area contributed by atoms with Crippen molar-refractivity contribution < 1.29 is 9.90 Å². The van der Waals surface area contributed by atoms with Crippen LogP contribution in [0.3, 0.4) is 0 Å². The van der Waals surface area contributed by atoms with Crippen LogP contribution >= 0.6 is 0 Å². The summed E-state index contributed by atoms with van der Waals surface area (Å²) in [4.78, 5) is 17.3. The second kappa shape index (κ2) is 4.76. The van der Waals surface area contributed by atoms with E-state index < -0.39 is 0 Å². The second-order valence-electron chi connectivity index (χ2n) is 3.00. The first-order valence-corrected chi connectivity index (χ1v) is 4.57. The molecule has 0 aliphatic rings. The summed E-state index contributed by atoms with van der Waals surface area (Å²) in [6, 6.07) is 0. The third kappa shape index (κ3) is 2.11. The molecule has 0 unspecified atom stereocenters. The number of hydrogen-bond donors (Lipinski definition) is 1. The van der Waals surface area contributed by atoms with Crippen molar-refractivity contribution in [1.82, 2.24) is 14.5 Å². The van der Waals surface area contributed by atoms with Crippen LogP contribution in [0.4, 0.5) is 0 Å². The van der Waals surface area contributed by atoms with Gasteiger partial charge in [0.05, 0.1) is 19.1 Å². The Kier molecular flexibility index (Phi) is 3.64. The normalized spacial score (nSPS) is 10.2. The predicted octanol–water partition coefficient (Wildman–Crippen LogP) is -0.126. The number of imidazole rings is 1. The molecule has 0 saturated carbocycles. The van der Waals surface area contributed by atoms with Gasteiger partial charge in [0, 0.05) is 20.1 Å². The highest BCUT2D eigenvalue weighted by atomic mass is 16.3. The SMILES string of the molecule is CCN(CCO)C(=O)c1cncn1C. The van der Waals surface area contributed by atoms with Gasteiger partial charge in [0.1, 0.15) is 5.69 Å². The first kappa shape index (κ1) is 10.7. The number of carbonyl (C=O) groups excluding carboxylic acids is 1. The van der Waals surface area contributed by atoms with E-state index in [9.17, 15) is 4.79 Å². The summed E-state index contributed by atoms with van der Waals surface area (Å²) in [7, 11) is 1.77. The number of amides is 1. The molecular formula is C9H15N3O2. The quantitative estimate of drug-likeness (QED) is 0.731. The minimum atomic E-state index is -0.0958. The van der Waals surface area contributed by atoms with Gasteiger partial charge < -0.3 is 14.6 Å². The predicted molar refractivity (Wildman–Crippen MR) is 51.9 cm³/mol. The van der Waals surface area contributed by atoms with Gasteiger partial charge in [-0.1, -0.05) is 0 Å².